The molecule has 0 bridgehead atoms. The van der Waals surface area contributed by atoms with Crippen LogP contribution >= 0.6 is 0 Å². The maximum Gasteiger partial charge on any atom is 0.255 e. The van der Waals surface area contributed by atoms with Gasteiger partial charge in [0, 0.05) is 38.8 Å². The smallest absolute Gasteiger partial charge is 0.255 e. The Morgan fingerprint density at radius 1 is 1.00 bits per heavy atom. The van der Waals surface area contributed by atoms with Gasteiger partial charge < -0.3 is 25.4 Å². The lowest BCUT2D eigenvalue weighted by Crippen LogP contribution is -2.54. The zero-order valence-electron chi connectivity index (χ0n) is 25.1. The lowest BCUT2D eigenvalue weighted by Gasteiger charge is -2.40. The first kappa shape index (κ1) is 29.8. The number of benzene rings is 2. The number of ether oxygens (including phenoxy) is 1. The van der Waals surface area contributed by atoms with Gasteiger partial charge in [0.25, 0.3) is 5.91 Å². The van der Waals surface area contributed by atoms with Crippen LogP contribution in [0.2, 0.25) is 0 Å². The van der Waals surface area contributed by atoms with E-state index < -0.39 is 5.60 Å². The summed E-state index contributed by atoms with van der Waals surface area (Å²) in [4.78, 5) is 26.6. The number of carbonyl (C=O) groups excluding carboxylic acids is 1. The third-order valence-corrected chi connectivity index (χ3v) is 8.55. The van der Waals surface area contributed by atoms with Crippen molar-refractivity contribution in [2.24, 2.45) is 5.41 Å². The van der Waals surface area contributed by atoms with Gasteiger partial charge in [-0.1, -0.05) is 50.2 Å². The molecule has 0 saturated carbocycles. The second-order valence-corrected chi connectivity index (χ2v) is 12.5. The molecule has 9 nitrogen and oxygen atoms in total. The van der Waals surface area contributed by atoms with Gasteiger partial charge in [0.15, 0.2) is 0 Å². The summed E-state index contributed by atoms with van der Waals surface area (Å²) < 4.78 is 5.61. The quantitative estimate of drug-likeness (QED) is 0.327. The van der Waals surface area contributed by atoms with Crippen LogP contribution in [-0.2, 0) is 13.1 Å². The second-order valence-electron chi connectivity index (χ2n) is 12.5. The number of β-amino-alcohol motifs (C(OH)–C–C–N with tert-alkyl or cyclic N) is 1. The van der Waals surface area contributed by atoms with Gasteiger partial charge in [0.05, 0.1) is 18.3 Å². The molecule has 0 radical (unpaired) electrons. The number of aliphatic hydroxyl groups is 1. The number of rotatable bonds is 10. The molecule has 1 amide bonds. The number of amides is 1. The van der Waals surface area contributed by atoms with Crippen LogP contribution in [0.3, 0.4) is 0 Å². The van der Waals surface area contributed by atoms with E-state index in [0.717, 1.165) is 55.4 Å². The van der Waals surface area contributed by atoms with Gasteiger partial charge in [-0.3, -0.25) is 9.69 Å². The van der Waals surface area contributed by atoms with Crippen molar-refractivity contribution in [3.05, 3.63) is 77.6 Å². The monoisotopic (exact) mass is 572 g/mol. The van der Waals surface area contributed by atoms with Crippen LogP contribution in [0.5, 0.6) is 5.75 Å². The van der Waals surface area contributed by atoms with Crippen LogP contribution in [0.15, 0.2) is 60.9 Å². The van der Waals surface area contributed by atoms with Gasteiger partial charge >= 0.3 is 0 Å². The molecule has 2 aliphatic rings. The van der Waals surface area contributed by atoms with Crippen molar-refractivity contribution in [1.29, 1.82) is 0 Å². The normalized spacial score (nSPS) is 20.6. The lowest BCUT2D eigenvalue weighted by atomic mass is 9.82. The molecule has 3 aromatic rings. The summed E-state index contributed by atoms with van der Waals surface area (Å²) in [5, 5.41) is 17.8. The number of likely N-dealkylation sites (tertiary alicyclic amines) is 1. The lowest BCUT2D eigenvalue weighted by molar-refractivity contribution is 0.0254. The predicted molar refractivity (Wildman–Crippen MR) is 166 cm³/mol. The van der Waals surface area contributed by atoms with E-state index in [1.807, 2.05) is 42.5 Å². The summed E-state index contributed by atoms with van der Waals surface area (Å²) in [6, 6.07) is 17.9. The van der Waals surface area contributed by atoms with Crippen molar-refractivity contribution < 1.29 is 14.6 Å². The zero-order chi connectivity index (χ0) is 29.6. The number of nitrogens with zero attached hydrogens (tertiary/aromatic N) is 4. The molecule has 3 heterocycles. The van der Waals surface area contributed by atoms with E-state index in [4.69, 9.17) is 4.74 Å². The molecule has 224 valence electrons. The van der Waals surface area contributed by atoms with E-state index in [1.54, 1.807) is 13.4 Å². The molecular formula is C33H44N6O3. The highest BCUT2D eigenvalue weighted by molar-refractivity contribution is 5.97. The first-order valence-electron chi connectivity index (χ1n) is 15.0. The van der Waals surface area contributed by atoms with Crippen molar-refractivity contribution in [3.8, 4) is 5.75 Å². The van der Waals surface area contributed by atoms with E-state index >= 15 is 0 Å². The van der Waals surface area contributed by atoms with Crippen LogP contribution in [0.4, 0.5) is 11.6 Å². The molecule has 2 fully saturated rings. The number of nitrogens with one attached hydrogen (secondary N) is 2. The second kappa shape index (κ2) is 13.1. The molecule has 1 atom stereocenters. The van der Waals surface area contributed by atoms with Crippen molar-refractivity contribution >= 4 is 17.5 Å². The number of piperidine rings is 2. The van der Waals surface area contributed by atoms with E-state index in [9.17, 15) is 9.90 Å². The average molecular weight is 573 g/mol. The fourth-order valence-electron chi connectivity index (χ4n) is 5.79. The SMILES string of the molecule is COc1cc(CN2CCC(C)(C)CC2)ccc1C(=O)NC[C@@]1(O)CCCN(c2cc(NCc3ccccc3)ncn2)C1. The fraction of sp³-hybridized carbons (Fsp3) is 0.485. The van der Waals surface area contributed by atoms with E-state index in [1.165, 1.54) is 12.8 Å². The maximum atomic E-state index is 13.2. The largest absolute Gasteiger partial charge is 0.496 e. The first-order valence-corrected chi connectivity index (χ1v) is 15.0. The van der Waals surface area contributed by atoms with Crippen molar-refractivity contribution in [2.75, 3.05) is 50.1 Å². The number of anilines is 2. The summed E-state index contributed by atoms with van der Waals surface area (Å²) in [6.07, 6.45) is 5.30. The molecule has 0 aliphatic carbocycles. The van der Waals surface area contributed by atoms with Gasteiger partial charge in [0.2, 0.25) is 0 Å². The minimum Gasteiger partial charge on any atom is -0.496 e. The Hall–Kier alpha value is -3.69. The Morgan fingerprint density at radius 3 is 2.55 bits per heavy atom. The molecule has 1 aromatic heterocycles. The van der Waals surface area contributed by atoms with Crippen LogP contribution in [0.1, 0.15) is 61.0 Å². The molecule has 5 rings (SSSR count). The van der Waals surface area contributed by atoms with E-state index in [2.05, 4.69) is 56.4 Å². The number of carbonyl (C=O) groups is 1. The van der Waals surface area contributed by atoms with Crippen LogP contribution in [0.25, 0.3) is 0 Å². The van der Waals surface area contributed by atoms with Crippen molar-refractivity contribution in [2.45, 2.75) is 58.2 Å². The number of methoxy groups -OCH3 is 1. The minimum absolute atomic E-state index is 0.140. The average Bonchev–Trinajstić information content (AvgIpc) is 3.00. The van der Waals surface area contributed by atoms with Gasteiger partial charge in [-0.15, -0.1) is 0 Å². The Bertz CT molecular complexity index is 1340. The Labute approximate surface area is 249 Å². The van der Waals surface area contributed by atoms with Crippen LogP contribution < -0.4 is 20.3 Å². The Morgan fingerprint density at radius 2 is 1.79 bits per heavy atom. The topological polar surface area (TPSA) is 103 Å². The molecule has 0 unspecified atom stereocenters. The highest BCUT2D eigenvalue weighted by atomic mass is 16.5. The fourth-order valence-corrected chi connectivity index (χ4v) is 5.79. The van der Waals surface area contributed by atoms with Crippen molar-refractivity contribution in [1.82, 2.24) is 20.2 Å². The number of hydrogen-bond donors (Lipinski definition) is 3. The molecule has 9 heteroatoms. The van der Waals surface area contributed by atoms with E-state index in [-0.39, 0.29) is 12.5 Å². The van der Waals surface area contributed by atoms with Gasteiger partial charge in [-0.05, 0) is 67.4 Å². The molecule has 2 aliphatic heterocycles. The van der Waals surface area contributed by atoms with Gasteiger partial charge in [-0.2, -0.15) is 0 Å². The zero-order valence-corrected chi connectivity index (χ0v) is 25.1. The molecule has 2 saturated heterocycles. The molecule has 42 heavy (non-hydrogen) atoms. The third kappa shape index (κ3) is 7.77. The van der Waals surface area contributed by atoms with Crippen molar-refractivity contribution in [3.63, 3.8) is 0 Å². The molecule has 0 spiro atoms. The first-order chi connectivity index (χ1) is 20.2. The summed E-state index contributed by atoms with van der Waals surface area (Å²) >= 11 is 0. The van der Waals surface area contributed by atoms with E-state index in [0.29, 0.717) is 36.2 Å². The third-order valence-electron chi connectivity index (χ3n) is 8.55. The highest BCUT2D eigenvalue weighted by Crippen LogP contribution is 2.31. The van der Waals surface area contributed by atoms with Crippen LogP contribution in [-0.4, -0.2) is 71.3 Å². The summed E-state index contributed by atoms with van der Waals surface area (Å²) in [5.41, 5.74) is 2.10. The number of aromatic nitrogens is 2. The summed E-state index contributed by atoms with van der Waals surface area (Å²) in [7, 11) is 1.59. The Balaban J connectivity index is 1.17. The Kier molecular flexibility index (Phi) is 9.28. The minimum atomic E-state index is -1.08. The molecular weight excluding hydrogens is 528 g/mol. The molecule has 3 N–H and O–H groups in total. The number of hydrogen-bond acceptors (Lipinski definition) is 8. The molecule has 2 aromatic carbocycles. The predicted octanol–water partition coefficient (Wildman–Crippen LogP) is 4.48. The summed E-state index contributed by atoms with van der Waals surface area (Å²) in [5.74, 6) is 1.78. The van der Waals surface area contributed by atoms with Gasteiger partial charge in [0.1, 0.15) is 23.7 Å². The highest BCUT2D eigenvalue weighted by Gasteiger charge is 2.35. The van der Waals surface area contributed by atoms with Gasteiger partial charge in [-0.25, -0.2) is 9.97 Å². The standard InChI is InChI=1S/C33H44N6O3/c1-32(2)13-16-38(17-14-32)21-26-10-11-27(28(18-26)42-3)31(40)35-22-33(41)12-7-15-39(23-33)30-19-29(36-24-37-30)34-20-25-8-5-4-6-9-25/h4-6,8-11,18-19,24,41H,7,12-17,20-23H2,1-3H3,(H,35,40)(H,34,36,37)/t33-/m0/s1. The van der Waals surface area contributed by atoms with Crippen LogP contribution in [0, 0.1) is 5.41 Å². The maximum absolute atomic E-state index is 13.2. The summed E-state index contributed by atoms with van der Waals surface area (Å²) in [6.45, 7) is 9.60.